The van der Waals surface area contributed by atoms with Gasteiger partial charge in [-0.05, 0) is 43.2 Å². The van der Waals surface area contributed by atoms with E-state index >= 15 is 0 Å². The van der Waals surface area contributed by atoms with Gasteiger partial charge in [0, 0.05) is 6.54 Å². The summed E-state index contributed by atoms with van der Waals surface area (Å²) in [5.74, 6) is -0.118. The van der Waals surface area contributed by atoms with Crippen LogP contribution in [0.4, 0.5) is 4.79 Å². The first-order valence-corrected chi connectivity index (χ1v) is 10.9. The monoisotopic (exact) mass is 378 g/mol. The van der Waals surface area contributed by atoms with Crippen LogP contribution in [0.1, 0.15) is 39.5 Å². The smallest absolute Gasteiger partial charge is 0.323 e. The van der Waals surface area contributed by atoms with E-state index in [-0.39, 0.29) is 41.4 Å². The van der Waals surface area contributed by atoms with Gasteiger partial charge < -0.3 is 5.32 Å². The first-order chi connectivity index (χ1) is 12.3. The maximum absolute atomic E-state index is 13.0. The Labute approximate surface area is 154 Å². The van der Waals surface area contributed by atoms with Crippen LogP contribution in [0, 0.1) is 11.8 Å². The van der Waals surface area contributed by atoms with E-state index in [2.05, 4.69) is 5.32 Å². The molecule has 1 heterocycles. The van der Waals surface area contributed by atoms with Gasteiger partial charge in [-0.3, -0.25) is 9.69 Å². The predicted molar refractivity (Wildman–Crippen MR) is 98.3 cm³/mol. The summed E-state index contributed by atoms with van der Waals surface area (Å²) < 4.78 is 24.7. The molecule has 1 N–H and O–H groups in total. The molecule has 0 radical (unpaired) electrons. The largest absolute Gasteiger partial charge is 0.325 e. The first kappa shape index (κ1) is 18.9. The summed E-state index contributed by atoms with van der Waals surface area (Å²) in [5, 5.41) is 2.94. The van der Waals surface area contributed by atoms with Crippen LogP contribution in [0.5, 0.6) is 0 Å². The van der Waals surface area contributed by atoms with Crippen molar-refractivity contribution in [3.63, 3.8) is 0 Å². The van der Waals surface area contributed by atoms with Crippen molar-refractivity contribution in [1.82, 2.24) is 10.2 Å². The van der Waals surface area contributed by atoms with Crippen LogP contribution in [-0.4, -0.2) is 43.1 Å². The van der Waals surface area contributed by atoms with Crippen molar-refractivity contribution in [1.29, 1.82) is 0 Å². The molecule has 1 aliphatic heterocycles. The first-order valence-electron chi connectivity index (χ1n) is 9.21. The molecule has 1 aromatic rings. The summed E-state index contributed by atoms with van der Waals surface area (Å²) >= 11 is 0. The number of hydrogen-bond acceptors (Lipinski definition) is 4. The zero-order valence-corrected chi connectivity index (χ0v) is 16.1. The molecular formula is C19H26N2O4S. The lowest BCUT2D eigenvalue weighted by molar-refractivity contribution is -0.136. The molecule has 7 heteroatoms. The minimum absolute atomic E-state index is 0.0840. The Morgan fingerprint density at radius 1 is 1.12 bits per heavy atom. The molecule has 1 spiro atoms. The molecule has 1 saturated carbocycles. The molecule has 26 heavy (non-hydrogen) atoms. The third-order valence-corrected chi connectivity index (χ3v) is 7.70. The number of imide groups is 1. The Balaban J connectivity index is 1.67. The average molecular weight is 378 g/mol. The molecule has 142 valence electrons. The molecule has 1 aromatic carbocycles. The average Bonchev–Trinajstić information content (AvgIpc) is 2.86. The highest BCUT2D eigenvalue weighted by molar-refractivity contribution is 7.91. The summed E-state index contributed by atoms with van der Waals surface area (Å²) in [6.45, 7) is 4.15. The minimum Gasteiger partial charge on any atom is -0.323 e. The SMILES string of the molecule is CC1CCCC(C)C12NC(=O)N(CCCS(=O)(=O)c1ccccc1)C2=O. The summed E-state index contributed by atoms with van der Waals surface area (Å²) in [5.41, 5.74) is -0.826. The van der Waals surface area contributed by atoms with Crippen LogP contribution in [0.25, 0.3) is 0 Å². The molecule has 1 saturated heterocycles. The van der Waals surface area contributed by atoms with E-state index in [0.717, 1.165) is 19.3 Å². The Hall–Kier alpha value is -1.89. The third kappa shape index (κ3) is 3.13. The summed E-state index contributed by atoms with van der Waals surface area (Å²) in [7, 11) is -3.41. The van der Waals surface area contributed by atoms with E-state index in [9.17, 15) is 18.0 Å². The summed E-state index contributed by atoms with van der Waals surface area (Å²) in [6, 6.07) is 7.85. The number of carbonyl (C=O) groups is 2. The second-order valence-electron chi connectivity index (χ2n) is 7.47. The van der Waals surface area contributed by atoms with Gasteiger partial charge in [0.05, 0.1) is 10.6 Å². The van der Waals surface area contributed by atoms with Crippen molar-refractivity contribution < 1.29 is 18.0 Å². The Bertz CT molecular complexity index is 781. The molecule has 2 aliphatic rings. The molecule has 2 unspecified atom stereocenters. The maximum atomic E-state index is 13.0. The number of nitrogens with zero attached hydrogens (tertiary/aromatic N) is 1. The fourth-order valence-corrected chi connectivity index (χ4v) is 5.63. The van der Waals surface area contributed by atoms with Crippen molar-refractivity contribution in [3.8, 4) is 0 Å². The van der Waals surface area contributed by atoms with E-state index in [1.807, 2.05) is 13.8 Å². The number of hydrogen-bond donors (Lipinski definition) is 1. The molecule has 0 aromatic heterocycles. The quantitative estimate of drug-likeness (QED) is 0.798. The highest BCUT2D eigenvalue weighted by Crippen LogP contribution is 2.42. The van der Waals surface area contributed by atoms with Gasteiger partial charge in [0.1, 0.15) is 5.54 Å². The highest BCUT2D eigenvalue weighted by Gasteiger charge is 2.58. The molecule has 3 rings (SSSR count). The molecule has 6 nitrogen and oxygen atoms in total. The van der Waals surface area contributed by atoms with E-state index in [1.165, 1.54) is 4.90 Å². The van der Waals surface area contributed by atoms with E-state index in [0.29, 0.717) is 0 Å². The predicted octanol–water partition coefficient (Wildman–Crippen LogP) is 2.60. The van der Waals surface area contributed by atoms with Crippen LogP contribution < -0.4 is 5.32 Å². The lowest BCUT2D eigenvalue weighted by atomic mass is 9.67. The number of sulfone groups is 1. The maximum Gasteiger partial charge on any atom is 0.325 e. The Kier molecular flexibility index (Phi) is 5.10. The Morgan fingerprint density at radius 3 is 2.35 bits per heavy atom. The van der Waals surface area contributed by atoms with Gasteiger partial charge in [-0.15, -0.1) is 0 Å². The van der Waals surface area contributed by atoms with Gasteiger partial charge >= 0.3 is 6.03 Å². The van der Waals surface area contributed by atoms with Gasteiger partial charge in [0.25, 0.3) is 5.91 Å². The molecule has 2 atom stereocenters. The van der Waals surface area contributed by atoms with E-state index < -0.39 is 21.4 Å². The fraction of sp³-hybridized carbons (Fsp3) is 0.579. The van der Waals surface area contributed by atoms with Gasteiger partial charge in [0.2, 0.25) is 0 Å². The van der Waals surface area contributed by atoms with Crippen molar-refractivity contribution in [2.24, 2.45) is 11.8 Å². The van der Waals surface area contributed by atoms with Crippen LogP contribution >= 0.6 is 0 Å². The highest BCUT2D eigenvalue weighted by atomic mass is 32.2. The van der Waals surface area contributed by atoms with Crippen LogP contribution in [0.3, 0.4) is 0 Å². The molecule has 3 amide bonds. The topological polar surface area (TPSA) is 83.6 Å². The lowest BCUT2D eigenvalue weighted by Crippen LogP contribution is -2.58. The number of rotatable bonds is 5. The zero-order chi connectivity index (χ0) is 18.9. The summed E-state index contributed by atoms with van der Waals surface area (Å²) in [6.07, 6.45) is 3.11. The number of benzene rings is 1. The molecule has 2 fully saturated rings. The van der Waals surface area contributed by atoms with Crippen molar-refractivity contribution >= 4 is 21.8 Å². The van der Waals surface area contributed by atoms with E-state index in [1.54, 1.807) is 30.3 Å². The fourth-order valence-electron chi connectivity index (χ4n) is 4.31. The normalized spacial score (nSPS) is 29.2. The number of nitrogens with one attached hydrogen (secondary N) is 1. The number of urea groups is 1. The molecule has 0 bridgehead atoms. The Morgan fingerprint density at radius 2 is 1.73 bits per heavy atom. The van der Waals surface area contributed by atoms with Gasteiger partial charge in [-0.1, -0.05) is 38.5 Å². The van der Waals surface area contributed by atoms with E-state index in [4.69, 9.17) is 0 Å². The van der Waals surface area contributed by atoms with Crippen molar-refractivity contribution in [2.45, 2.75) is 50.0 Å². The van der Waals surface area contributed by atoms with Gasteiger partial charge in [-0.25, -0.2) is 13.2 Å². The van der Waals surface area contributed by atoms with Crippen molar-refractivity contribution in [3.05, 3.63) is 30.3 Å². The van der Waals surface area contributed by atoms with Crippen LogP contribution in [0.15, 0.2) is 35.2 Å². The second kappa shape index (κ2) is 7.02. The molecular weight excluding hydrogens is 352 g/mol. The van der Waals surface area contributed by atoms with Crippen LogP contribution in [0.2, 0.25) is 0 Å². The number of amides is 3. The molecule has 1 aliphatic carbocycles. The number of carbonyl (C=O) groups excluding carboxylic acids is 2. The minimum atomic E-state index is -3.41. The van der Waals surface area contributed by atoms with Gasteiger partial charge in [-0.2, -0.15) is 0 Å². The zero-order valence-electron chi connectivity index (χ0n) is 15.3. The standard InChI is InChI=1S/C19H26N2O4S/c1-14-8-6-9-15(2)19(14)17(22)21(18(23)20-19)12-7-13-26(24,25)16-10-4-3-5-11-16/h3-5,10-11,14-15H,6-9,12-13H2,1-2H3,(H,20,23). The third-order valence-electron chi connectivity index (χ3n) is 5.88. The summed E-state index contributed by atoms with van der Waals surface area (Å²) in [4.78, 5) is 26.9. The lowest BCUT2D eigenvalue weighted by Gasteiger charge is -2.42. The van der Waals surface area contributed by atoms with Gasteiger partial charge in [0.15, 0.2) is 9.84 Å². The van der Waals surface area contributed by atoms with Crippen molar-refractivity contribution in [2.75, 3.05) is 12.3 Å². The van der Waals surface area contributed by atoms with Crippen LogP contribution in [-0.2, 0) is 14.6 Å². The second-order valence-corrected chi connectivity index (χ2v) is 9.58.